The number of aromatic nitrogens is 3. The molecule has 6 heteroatoms. The molecule has 2 aromatic heterocycles. The van der Waals surface area contributed by atoms with E-state index in [2.05, 4.69) is 15.3 Å². The summed E-state index contributed by atoms with van der Waals surface area (Å²) >= 11 is 0. The lowest BCUT2D eigenvalue weighted by molar-refractivity contribution is 0.0961. The SMILES string of the molecule is COc1ncccc1-n1cnc2c1CNC2=O. The summed E-state index contributed by atoms with van der Waals surface area (Å²) in [4.78, 5) is 19.6. The van der Waals surface area contributed by atoms with Crippen molar-refractivity contribution in [2.45, 2.75) is 6.54 Å². The number of pyridine rings is 1. The molecule has 6 nitrogen and oxygen atoms in total. The van der Waals surface area contributed by atoms with Crippen molar-refractivity contribution in [1.82, 2.24) is 19.9 Å². The minimum Gasteiger partial charge on any atom is -0.480 e. The maximum atomic E-state index is 11.4. The van der Waals surface area contributed by atoms with E-state index in [4.69, 9.17) is 4.74 Å². The molecule has 0 spiro atoms. The van der Waals surface area contributed by atoms with Crippen LogP contribution in [0, 0.1) is 0 Å². The minimum atomic E-state index is -0.137. The highest BCUT2D eigenvalue weighted by Gasteiger charge is 2.25. The Labute approximate surface area is 97.3 Å². The van der Waals surface area contributed by atoms with Crippen LogP contribution in [-0.2, 0) is 6.54 Å². The topological polar surface area (TPSA) is 69.0 Å². The zero-order chi connectivity index (χ0) is 11.8. The Kier molecular flexibility index (Phi) is 2.07. The van der Waals surface area contributed by atoms with Crippen molar-refractivity contribution in [3.63, 3.8) is 0 Å². The Morgan fingerprint density at radius 1 is 1.47 bits per heavy atom. The number of fused-ring (bicyclic) bond motifs is 1. The molecule has 0 saturated carbocycles. The molecule has 0 aliphatic carbocycles. The summed E-state index contributed by atoms with van der Waals surface area (Å²) in [6, 6.07) is 3.69. The Hall–Kier alpha value is -2.37. The number of amides is 1. The average Bonchev–Trinajstić information content (AvgIpc) is 2.93. The number of methoxy groups -OCH3 is 1. The van der Waals surface area contributed by atoms with Gasteiger partial charge in [0.25, 0.3) is 5.91 Å². The molecule has 1 N–H and O–H groups in total. The molecule has 3 rings (SSSR count). The molecule has 0 atom stereocenters. The van der Waals surface area contributed by atoms with Gasteiger partial charge in [-0.1, -0.05) is 0 Å². The fourth-order valence-corrected chi connectivity index (χ4v) is 1.91. The second-order valence-electron chi connectivity index (χ2n) is 3.62. The fourth-order valence-electron chi connectivity index (χ4n) is 1.91. The third-order valence-electron chi connectivity index (χ3n) is 2.70. The van der Waals surface area contributed by atoms with Gasteiger partial charge in [-0.05, 0) is 12.1 Å². The average molecular weight is 230 g/mol. The lowest BCUT2D eigenvalue weighted by Gasteiger charge is -2.09. The second-order valence-corrected chi connectivity index (χ2v) is 3.62. The van der Waals surface area contributed by atoms with Crippen LogP contribution >= 0.6 is 0 Å². The lowest BCUT2D eigenvalue weighted by Crippen LogP contribution is -2.14. The van der Waals surface area contributed by atoms with Gasteiger partial charge in [0.2, 0.25) is 5.88 Å². The number of nitrogens with one attached hydrogen (secondary N) is 1. The first-order valence-electron chi connectivity index (χ1n) is 5.15. The number of hydrogen-bond donors (Lipinski definition) is 1. The number of nitrogens with zero attached hydrogens (tertiary/aromatic N) is 3. The number of carbonyl (C=O) groups excluding carboxylic acids is 1. The van der Waals surface area contributed by atoms with Crippen LogP contribution in [0.1, 0.15) is 16.2 Å². The van der Waals surface area contributed by atoms with E-state index in [0.29, 0.717) is 18.1 Å². The van der Waals surface area contributed by atoms with Crippen molar-refractivity contribution in [3.8, 4) is 11.6 Å². The molecular formula is C11H10N4O2. The number of ether oxygens (including phenoxy) is 1. The van der Waals surface area contributed by atoms with Gasteiger partial charge in [-0.3, -0.25) is 9.36 Å². The largest absolute Gasteiger partial charge is 0.480 e. The summed E-state index contributed by atoms with van der Waals surface area (Å²) in [6.07, 6.45) is 3.27. The van der Waals surface area contributed by atoms with Gasteiger partial charge < -0.3 is 10.1 Å². The van der Waals surface area contributed by atoms with E-state index in [9.17, 15) is 4.79 Å². The van der Waals surface area contributed by atoms with Crippen molar-refractivity contribution in [2.24, 2.45) is 0 Å². The van der Waals surface area contributed by atoms with Crippen LogP contribution in [0.4, 0.5) is 0 Å². The molecule has 0 saturated heterocycles. The molecule has 0 radical (unpaired) electrons. The molecule has 0 fully saturated rings. The molecule has 3 heterocycles. The summed E-state index contributed by atoms with van der Waals surface area (Å²) in [5.74, 6) is 0.369. The van der Waals surface area contributed by atoms with Gasteiger partial charge in [-0.25, -0.2) is 9.97 Å². The van der Waals surface area contributed by atoms with Crippen molar-refractivity contribution in [2.75, 3.05) is 7.11 Å². The quantitative estimate of drug-likeness (QED) is 0.816. The normalized spacial score (nSPS) is 13.4. The van der Waals surface area contributed by atoms with Crippen molar-refractivity contribution >= 4 is 5.91 Å². The zero-order valence-corrected chi connectivity index (χ0v) is 9.17. The van der Waals surface area contributed by atoms with Gasteiger partial charge in [-0.15, -0.1) is 0 Å². The highest BCUT2D eigenvalue weighted by atomic mass is 16.5. The third-order valence-corrected chi connectivity index (χ3v) is 2.70. The molecule has 0 bridgehead atoms. The standard InChI is InChI=1S/C11H10N4O2/c1-17-11-7(3-2-4-12-11)15-6-14-9-8(15)5-13-10(9)16/h2-4,6H,5H2,1H3,(H,13,16). The Balaban J connectivity index is 2.17. The van der Waals surface area contributed by atoms with Crippen molar-refractivity contribution in [3.05, 3.63) is 36.0 Å². The van der Waals surface area contributed by atoms with Crippen LogP contribution in [-0.4, -0.2) is 27.6 Å². The van der Waals surface area contributed by atoms with E-state index in [1.165, 1.54) is 0 Å². The monoisotopic (exact) mass is 230 g/mol. The first-order valence-corrected chi connectivity index (χ1v) is 5.15. The summed E-state index contributed by atoms with van der Waals surface area (Å²) in [6.45, 7) is 0.478. The first-order chi connectivity index (χ1) is 8.31. The summed E-state index contributed by atoms with van der Waals surface area (Å²) in [7, 11) is 1.56. The Morgan fingerprint density at radius 3 is 3.18 bits per heavy atom. The van der Waals surface area contributed by atoms with Crippen LogP contribution in [0.3, 0.4) is 0 Å². The van der Waals surface area contributed by atoms with E-state index in [1.54, 1.807) is 19.6 Å². The third kappa shape index (κ3) is 1.37. The van der Waals surface area contributed by atoms with Gasteiger partial charge in [0, 0.05) is 6.20 Å². The van der Waals surface area contributed by atoms with Gasteiger partial charge in [0.1, 0.15) is 12.0 Å². The second kappa shape index (κ2) is 3.58. The molecule has 1 amide bonds. The molecule has 86 valence electrons. The van der Waals surface area contributed by atoms with Crippen molar-refractivity contribution < 1.29 is 9.53 Å². The van der Waals surface area contributed by atoms with Crippen LogP contribution < -0.4 is 10.1 Å². The van der Waals surface area contributed by atoms with Gasteiger partial charge >= 0.3 is 0 Å². The highest BCUT2D eigenvalue weighted by molar-refractivity contribution is 5.96. The molecule has 1 aliphatic heterocycles. The van der Waals surface area contributed by atoms with Crippen LogP contribution in [0.5, 0.6) is 5.88 Å². The van der Waals surface area contributed by atoms with Crippen LogP contribution in [0.15, 0.2) is 24.7 Å². The zero-order valence-electron chi connectivity index (χ0n) is 9.17. The van der Waals surface area contributed by atoms with E-state index in [-0.39, 0.29) is 5.91 Å². The van der Waals surface area contributed by atoms with E-state index in [1.807, 2.05) is 16.7 Å². The number of rotatable bonds is 2. The summed E-state index contributed by atoms with van der Waals surface area (Å²) in [5.41, 5.74) is 2.08. The van der Waals surface area contributed by atoms with E-state index < -0.39 is 0 Å². The molecule has 0 aromatic carbocycles. The van der Waals surface area contributed by atoms with Crippen LogP contribution in [0.25, 0.3) is 5.69 Å². The number of carbonyl (C=O) groups is 1. The maximum absolute atomic E-state index is 11.4. The van der Waals surface area contributed by atoms with E-state index in [0.717, 1.165) is 11.4 Å². The predicted molar refractivity (Wildman–Crippen MR) is 59.1 cm³/mol. The molecule has 1 aliphatic rings. The fraction of sp³-hybridized carbons (Fsp3) is 0.182. The van der Waals surface area contributed by atoms with E-state index >= 15 is 0 Å². The van der Waals surface area contributed by atoms with Crippen LogP contribution in [0.2, 0.25) is 0 Å². The summed E-state index contributed by atoms with van der Waals surface area (Å²) < 4.78 is 7.01. The summed E-state index contributed by atoms with van der Waals surface area (Å²) in [5, 5.41) is 2.73. The maximum Gasteiger partial charge on any atom is 0.272 e. The minimum absolute atomic E-state index is 0.137. The lowest BCUT2D eigenvalue weighted by atomic mass is 10.3. The Morgan fingerprint density at radius 2 is 2.35 bits per heavy atom. The molecule has 0 unspecified atom stereocenters. The molecule has 17 heavy (non-hydrogen) atoms. The van der Waals surface area contributed by atoms with Gasteiger partial charge in [0.15, 0.2) is 5.69 Å². The predicted octanol–water partition coefficient (Wildman–Crippen LogP) is 0.519. The van der Waals surface area contributed by atoms with Gasteiger partial charge in [-0.2, -0.15) is 0 Å². The molecule has 2 aromatic rings. The van der Waals surface area contributed by atoms with Crippen molar-refractivity contribution in [1.29, 1.82) is 0 Å². The molecular weight excluding hydrogens is 220 g/mol. The number of hydrogen-bond acceptors (Lipinski definition) is 4. The Bertz CT molecular complexity index is 591. The van der Waals surface area contributed by atoms with Gasteiger partial charge in [0.05, 0.1) is 19.3 Å². The smallest absolute Gasteiger partial charge is 0.272 e. The number of imidazole rings is 1. The highest BCUT2D eigenvalue weighted by Crippen LogP contribution is 2.24. The first kappa shape index (κ1) is 9.83.